The number of methoxy groups -OCH3 is 1. The van der Waals surface area contributed by atoms with E-state index in [0.717, 1.165) is 48.2 Å². The molecular formula is C27H26N6O3. The van der Waals surface area contributed by atoms with Crippen molar-refractivity contribution in [2.24, 2.45) is 0 Å². The number of nitrogens with one attached hydrogen (secondary N) is 1. The molecule has 2 aromatic carbocycles. The van der Waals surface area contributed by atoms with Crippen LogP contribution >= 0.6 is 0 Å². The third-order valence-corrected chi connectivity index (χ3v) is 6.35. The third kappa shape index (κ3) is 4.04. The van der Waals surface area contributed by atoms with Gasteiger partial charge in [-0.2, -0.15) is 9.61 Å². The van der Waals surface area contributed by atoms with E-state index >= 15 is 0 Å². The zero-order valence-corrected chi connectivity index (χ0v) is 19.9. The van der Waals surface area contributed by atoms with Gasteiger partial charge in [0.1, 0.15) is 11.8 Å². The van der Waals surface area contributed by atoms with Crippen molar-refractivity contribution in [1.29, 1.82) is 0 Å². The fourth-order valence-electron chi connectivity index (χ4n) is 4.62. The minimum atomic E-state index is -0.290. The average Bonchev–Trinajstić information content (AvgIpc) is 3.56. The number of ether oxygens (including phenoxy) is 1. The number of anilines is 2. The van der Waals surface area contributed by atoms with E-state index in [1.165, 1.54) is 12.4 Å². The van der Waals surface area contributed by atoms with E-state index in [-0.39, 0.29) is 11.8 Å². The molecule has 4 aromatic rings. The molecule has 0 aliphatic carbocycles. The molecule has 2 aromatic heterocycles. The molecule has 9 nitrogen and oxygen atoms in total. The van der Waals surface area contributed by atoms with E-state index in [9.17, 15) is 9.59 Å². The van der Waals surface area contributed by atoms with Crippen molar-refractivity contribution in [1.82, 2.24) is 19.5 Å². The second-order valence-electron chi connectivity index (χ2n) is 8.51. The Hall–Kier alpha value is -4.66. The molecule has 3 heterocycles. The molecule has 5 rings (SSSR count). The van der Waals surface area contributed by atoms with Crippen LogP contribution < -0.4 is 15.8 Å². The Bertz CT molecular complexity index is 1450. The summed E-state index contributed by atoms with van der Waals surface area (Å²) in [6, 6.07) is 14.9. The molecule has 0 saturated carbocycles. The third-order valence-electron chi connectivity index (χ3n) is 6.35. The van der Waals surface area contributed by atoms with Crippen molar-refractivity contribution in [2.75, 3.05) is 31.2 Å². The summed E-state index contributed by atoms with van der Waals surface area (Å²) >= 11 is 0. The lowest BCUT2D eigenvalue weighted by molar-refractivity contribution is -0.111. The monoisotopic (exact) mass is 482 g/mol. The number of carbonyl (C=O) groups is 2. The van der Waals surface area contributed by atoms with Gasteiger partial charge in [-0.15, -0.1) is 0 Å². The molecule has 182 valence electrons. The number of hydrogen-bond donors (Lipinski definition) is 2. The minimum absolute atomic E-state index is 0.0404. The Kier molecular flexibility index (Phi) is 6.12. The summed E-state index contributed by atoms with van der Waals surface area (Å²) in [5.41, 5.74) is 11.4. The van der Waals surface area contributed by atoms with Crippen LogP contribution in [0.3, 0.4) is 0 Å². The predicted molar refractivity (Wildman–Crippen MR) is 139 cm³/mol. The molecule has 1 aliphatic heterocycles. The summed E-state index contributed by atoms with van der Waals surface area (Å²) in [5.74, 6) is 0.548. The highest BCUT2D eigenvalue weighted by atomic mass is 16.5. The lowest BCUT2D eigenvalue weighted by Crippen LogP contribution is -2.27. The fourth-order valence-corrected chi connectivity index (χ4v) is 4.62. The van der Waals surface area contributed by atoms with Crippen LogP contribution in [0, 0.1) is 0 Å². The SMILES string of the molecule is C=CC(=O)Nc1ccc(-c2c(-c3ccc(C(=O)N4CCCC4)cc3)c3c(N)ncnn3c2OC)cc1. The number of fused-ring (bicyclic) bond motifs is 1. The first-order valence-corrected chi connectivity index (χ1v) is 11.6. The molecule has 0 radical (unpaired) electrons. The van der Waals surface area contributed by atoms with Crippen LogP contribution in [-0.4, -0.2) is 51.5 Å². The van der Waals surface area contributed by atoms with Crippen molar-refractivity contribution >= 4 is 28.8 Å². The van der Waals surface area contributed by atoms with E-state index in [1.54, 1.807) is 23.8 Å². The van der Waals surface area contributed by atoms with Crippen molar-refractivity contribution in [3.05, 3.63) is 73.1 Å². The molecule has 2 amide bonds. The van der Waals surface area contributed by atoms with Gasteiger partial charge in [-0.25, -0.2) is 4.98 Å². The number of carbonyl (C=O) groups excluding carboxylic acids is 2. The standard InChI is InChI=1S/C27H26N6O3/c1-3-21(34)31-20-12-10-18(11-13-20)23-22(24-25(28)29-16-30-33(24)27(23)36-2)17-6-8-19(9-7-17)26(35)32-14-4-5-15-32/h3,6-13,16H,1,4-5,14-15H2,2H3,(H,31,34)(H2,28,29,30). The molecule has 0 bridgehead atoms. The number of nitrogens with two attached hydrogens (primary N) is 1. The van der Waals surface area contributed by atoms with Crippen LogP contribution in [0.4, 0.5) is 11.5 Å². The molecule has 1 fully saturated rings. The molecular weight excluding hydrogens is 456 g/mol. The van der Waals surface area contributed by atoms with E-state index < -0.39 is 0 Å². The average molecular weight is 483 g/mol. The van der Waals surface area contributed by atoms with Crippen LogP contribution in [0.15, 0.2) is 67.5 Å². The number of rotatable bonds is 6. The van der Waals surface area contributed by atoms with Gasteiger partial charge in [0.15, 0.2) is 5.82 Å². The first kappa shape index (κ1) is 23.1. The summed E-state index contributed by atoms with van der Waals surface area (Å²) in [6.45, 7) is 5.07. The normalized spacial score (nSPS) is 13.1. The fraction of sp³-hybridized carbons (Fsp3) is 0.185. The quantitative estimate of drug-likeness (QED) is 0.401. The molecule has 3 N–H and O–H groups in total. The van der Waals surface area contributed by atoms with Crippen molar-refractivity contribution in [3.63, 3.8) is 0 Å². The van der Waals surface area contributed by atoms with Gasteiger partial charge < -0.3 is 20.7 Å². The Morgan fingerprint density at radius 2 is 1.67 bits per heavy atom. The van der Waals surface area contributed by atoms with Gasteiger partial charge in [0.25, 0.3) is 5.91 Å². The maximum atomic E-state index is 12.9. The Balaban J connectivity index is 1.64. The van der Waals surface area contributed by atoms with Crippen molar-refractivity contribution in [3.8, 4) is 28.1 Å². The number of benzene rings is 2. The number of amides is 2. The number of nitrogens with zero attached hydrogens (tertiary/aromatic N) is 4. The molecule has 36 heavy (non-hydrogen) atoms. The summed E-state index contributed by atoms with van der Waals surface area (Å²) < 4.78 is 7.41. The minimum Gasteiger partial charge on any atom is -0.480 e. The Morgan fingerprint density at radius 3 is 2.31 bits per heavy atom. The summed E-state index contributed by atoms with van der Waals surface area (Å²) in [4.78, 5) is 30.6. The first-order chi connectivity index (χ1) is 17.5. The maximum absolute atomic E-state index is 12.9. The maximum Gasteiger partial charge on any atom is 0.253 e. The molecule has 1 aliphatic rings. The van der Waals surface area contributed by atoms with Crippen LogP contribution in [0.2, 0.25) is 0 Å². The van der Waals surface area contributed by atoms with E-state index in [1.807, 2.05) is 41.3 Å². The van der Waals surface area contributed by atoms with Crippen LogP contribution in [0.1, 0.15) is 23.2 Å². The molecule has 0 unspecified atom stereocenters. The Labute approximate surface area is 208 Å². The topological polar surface area (TPSA) is 115 Å². The summed E-state index contributed by atoms with van der Waals surface area (Å²) in [7, 11) is 1.57. The van der Waals surface area contributed by atoms with Gasteiger partial charge in [0, 0.05) is 29.9 Å². The highest BCUT2D eigenvalue weighted by Crippen LogP contribution is 2.45. The zero-order chi connectivity index (χ0) is 25.2. The second kappa shape index (κ2) is 9.53. The van der Waals surface area contributed by atoms with E-state index in [4.69, 9.17) is 10.5 Å². The van der Waals surface area contributed by atoms with Gasteiger partial charge in [0.2, 0.25) is 11.8 Å². The lowest BCUT2D eigenvalue weighted by Gasteiger charge is -2.15. The number of hydrogen-bond acceptors (Lipinski definition) is 6. The Morgan fingerprint density at radius 1 is 1.03 bits per heavy atom. The van der Waals surface area contributed by atoms with Gasteiger partial charge in [-0.1, -0.05) is 30.8 Å². The van der Waals surface area contributed by atoms with Crippen LogP contribution in [-0.2, 0) is 4.79 Å². The molecule has 0 spiro atoms. The van der Waals surface area contributed by atoms with Crippen molar-refractivity contribution in [2.45, 2.75) is 12.8 Å². The van der Waals surface area contributed by atoms with Crippen molar-refractivity contribution < 1.29 is 14.3 Å². The highest BCUT2D eigenvalue weighted by Gasteiger charge is 2.26. The summed E-state index contributed by atoms with van der Waals surface area (Å²) in [6.07, 6.45) is 4.68. The van der Waals surface area contributed by atoms with E-state index in [0.29, 0.717) is 28.5 Å². The van der Waals surface area contributed by atoms with Crippen LogP contribution in [0.25, 0.3) is 27.8 Å². The summed E-state index contributed by atoms with van der Waals surface area (Å²) in [5, 5.41) is 7.13. The number of likely N-dealkylation sites (tertiary alicyclic amines) is 1. The molecule has 1 saturated heterocycles. The smallest absolute Gasteiger partial charge is 0.253 e. The largest absolute Gasteiger partial charge is 0.480 e. The van der Waals surface area contributed by atoms with Gasteiger partial charge >= 0.3 is 0 Å². The zero-order valence-electron chi connectivity index (χ0n) is 19.9. The highest BCUT2D eigenvalue weighted by molar-refractivity contribution is 6.03. The predicted octanol–water partition coefficient (Wildman–Crippen LogP) is 4.01. The number of aromatic nitrogens is 3. The van der Waals surface area contributed by atoms with Crippen LogP contribution in [0.5, 0.6) is 5.88 Å². The molecule has 9 heteroatoms. The lowest BCUT2D eigenvalue weighted by atomic mass is 9.96. The van der Waals surface area contributed by atoms with E-state index in [2.05, 4.69) is 22.0 Å². The van der Waals surface area contributed by atoms with Gasteiger partial charge in [0.05, 0.1) is 12.7 Å². The van der Waals surface area contributed by atoms with Gasteiger partial charge in [-0.3, -0.25) is 9.59 Å². The second-order valence-corrected chi connectivity index (χ2v) is 8.51. The number of nitrogen functional groups attached to an aromatic ring is 1. The van der Waals surface area contributed by atoms with Gasteiger partial charge in [-0.05, 0) is 54.3 Å². The first-order valence-electron chi connectivity index (χ1n) is 11.6. The molecule has 0 atom stereocenters.